The molecule has 0 unspecified atom stereocenters. The number of nitrogens with zero attached hydrogens (tertiary/aromatic N) is 1. The summed E-state index contributed by atoms with van der Waals surface area (Å²) in [6.07, 6.45) is 3.06. The molecule has 0 radical (unpaired) electrons. The van der Waals surface area contributed by atoms with Crippen LogP contribution in [0.2, 0.25) is 0 Å². The second-order valence-electron chi connectivity index (χ2n) is 4.04. The molecule has 0 aromatic carbocycles. The van der Waals surface area contributed by atoms with Crippen molar-refractivity contribution in [2.75, 3.05) is 11.9 Å². The van der Waals surface area contributed by atoms with E-state index in [1.165, 1.54) is 12.3 Å². The van der Waals surface area contributed by atoms with Gasteiger partial charge in [0.05, 0.1) is 4.90 Å². The third-order valence-electron chi connectivity index (χ3n) is 2.71. The van der Waals surface area contributed by atoms with Gasteiger partial charge in [-0.3, -0.25) is 0 Å². The molecule has 18 heavy (non-hydrogen) atoms. The molecule has 0 spiro atoms. The Hall–Kier alpha value is -1.14. The Labute approximate surface area is 109 Å². The highest BCUT2D eigenvalue weighted by Gasteiger charge is 2.18. The zero-order chi connectivity index (χ0) is 13.6. The monoisotopic (exact) mass is 271 g/mol. The number of sulfonamides is 1. The van der Waals surface area contributed by atoms with Crippen LogP contribution in [0.3, 0.4) is 0 Å². The van der Waals surface area contributed by atoms with Gasteiger partial charge in [-0.05, 0) is 25.8 Å². The Bertz CT molecular complexity index is 470. The van der Waals surface area contributed by atoms with Gasteiger partial charge in [0.15, 0.2) is 0 Å². The van der Waals surface area contributed by atoms with E-state index >= 15 is 0 Å². The maximum absolute atomic E-state index is 12.2. The molecular weight excluding hydrogens is 250 g/mol. The van der Waals surface area contributed by atoms with Gasteiger partial charge in [-0.2, -0.15) is 0 Å². The first-order chi connectivity index (χ1) is 8.53. The van der Waals surface area contributed by atoms with Crippen LogP contribution in [-0.2, 0) is 10.0 Å². The summed E-state index contributed by atoms with van der Waals surface area (Å²) < 4.78 is 27.0. The highest BCUT2D eigenvalue weighted by molar-refractivity contribution is 7.89. The lowest BCUT2D eigenvalue weighted by Crippen LogP contribution is -2.33. The van der Waals surface area contributed by atoms with E-state index in [1.54, 1.807) is 6.07 Å². The Morgan fingerprint density at radius 3 is 2.50 bits per heavy atom. The van der Waals surface area contributed by atoms with Crippen LogP contribution in [0.15, 0.2) is 23.2 Å². The van der Waals surface area contributed by atoms with Gasteiger partial charge in [0, 0.05) is 24.8 Å². The lowest BCUT2D eigenvalue weighted by atomic mass is 10.2. The lowest BCUT2D eigenvalue weighted by molar-refractivity contribution is 0.530. The van der Waals surface area contributed by atoms with Gasteiger partial charge < -0.3 is 5.32 Å². The third kappa shape index (κ3) is 3.96. The van der Waals surface area contributed by atoms with Crippen molar-refractivity contribution < 1.29 is 8.42 Å². The molecule has 0 bridgehead atoms. The minimum absolute atomic E-state index is 0.0225. The second kappa shape index (κ2) is 6.70. The fourth-order valence-corrected chi connectivity index (χ4v) is 3.01. The minimum Gasteiger partial charge on any atom is -0.370 e. The quantitative estimate of drug-likeness (QED) is 0.795. The predicted octanol–water partition coefficient (Wildman–Crippen LogP) is 1.98. The maximum Gasteiger partial charge on any atom is 0.241 e. The highest BCUT2D eigenvalue weighted by Crippen LogP contribution is 2.14. The van der Waals surface area contributed by atoms with E-state index in [0.29, 0.717) is 12.4 Å². The Kier molecular flexibility index (Phi) is 5.55. The Morgan fingerprint density at radius 2 is 1.94 bits per heavy atom. The largest absolute Gasteiger partial charge is 0.370 e. The molecule has 1 aromatic rings. The number of nitrogens with one attached hydrogen (secondary N) is 2. The summed E-state index contributed by atoms with van der Waals surface area (Å²) in [6.45, 7) is 6.57. The maximum atomic E-state index is 12.2. The SMILES string of the molecule is CCNc1cc(S(=O)(=O)NC(CC)CC)ccn1. The number of hydrogen-bond acceptors (Lipinski definition) is 4. The van der Waals surface area contributed by atoms with E-state index < -0.39 is 10.0 Å². The molecule has 6 heteroatoms. The molecule has 0 aliphatic rings. The first kappa shape index (κ1) is 14.9. The number of aromatic nitrogens is 1. The minimum atomic E-state index is -3.45. The summed E-state index contributed by atoms with van der Waals surface area (Å²) in [4.78, 5) is 4.31. The van der Waals surface area contributed by atoms with Crippen LogP contribution in [0.25, 0.3) is 0 Å². The normalized spacial score (nSPS) is 11.8. The van der Waals surface area contributed by atoms with Crippen LogP contribution in [0.4, 0.5) is 5.82 Å². The summed E-state index contributed by atoms with van der Waals surface area (Å²) in [5.74, 6) is 0.574. The third-order valence-corrected chi connectivity index (χ3v) is 4.23. The van der Waals surface area contributed by atoms with Crippen molar-refractivity contribution in [2.24, 2.45) is 0 Å². The summed E-state index contributed by atoms with van der Waals surface area (Å²) >= 11 is 0. The molecule has 0 amide bonds. The molecule has 0 saturated heterocycles. The molecule has 102 valence electrons. The van der Waals surface area contributed by atoms with Gasteiger partial charge in [0.25, 0.3) is 0 Å². The van der Waals surface area contributed by atoms with E-state index in [4.69, 9.17) is 0 Å². The van der Waals surface area contributed by atoms with Crippen molar-refractivity contribution in [2.45, 2.75) is 44.6 Å². The van der Waals surface area contributed by atoms with Crippen molar-refractivity contribution in [3.63, 3.8) is 0 Å². The number of hydrogen-bond donors (Lipinski definition) is 2. The first-order valence-corrected chi connectivity index (χ1v) is 7.74. The fourth-order valence-electron chi connectivity index (χ4n) is 1.60. The molecule has 1 heterocycles. The number of pyridine rings is 1. The Balaban J connectivity index is 2.93. The van der Waals surface area contributed by atoms with Gasteiger partial charge in [-0.15, -0.1) is 0 Å². The summed E-state index contributed by atoms with van der Waals surface area (Å²) in [5, 5.41) is 3.00. The van der Waals surface area contributed by atoms with Gasteiger partial charge >= 0.3 is 0 Å². The van der Waals surface area contributed by atoms with E-state index in [-0.39, 0.29) is 10.9 Å². The summed E-state index contributed by atoms with van der Waals surface area (Å²) in [5.41, 5.74) is 0. The van der Waals surface area contributed by atoms with Crippen LogP contribution in [0.1, 0.15) is 33.6 Å². The average molecular weight is 271 g/mol. The van der Waals surface area contributed by atoms with Crippen LogP contribution < -0.4 is 10.0 Å². The molecular formula is C12H21N3O2S. The lowest BCUT2D eigenvalue weighted by Gasteiger charge is -2.15. The van der Waals surface area contributed by atoms with E-state index in [2.05, 4.69) is 15.0 Å². The van der Waals surface area contributed by atoms with Crippen LogP contribution >= 0.6 is 0 Å². The second-order valence-corrected chi connectivity index (χ2v) is 5.76. The smallest absolute Gasteiger partial charge is 0.241 e. The standard InChI is InChI=1S/C12H21N3O2S/c1-4-10(5-2)15-18(16,17)11-7-8-14-12(9-11)13-6-3/h7-10,15H,4-6H2,1-3H3,(H,13,14). The molecule has 5 nitrogen and oxygen atoms in total. The Morgan fingerprint density at radius 1 is 1.28 bits per heavy atom. The molecule has 0 fully saturated rings. The molecule has 0 saturated carbocycles. The number of rotatable bonds is 7. The number of anilines is 1. The molecule has 0 aliphatic carbocycles. The fraction of sp³-hybridized carbons (Fsp3) is 0.583. The van der Waals surface area contributed by atoms with Gasteiger partial charge in [-0.1, -0.05) is 13.8 Å². The molecule has 0 atom stereocenters. The van der Waals surface area contributed by atoms with Gasteiger partial charge in [-0.25, -0.2) is 18.1 Å². The zero-order valence-corrected chi connectivity index (χ0v) is 11.9. The van der Waals surface area contributed by atoms with Crippen molar-refractivity contribution in [1.82, 2.24) is 9.71 Å². The highest BCUT2D eigenvalue weighted by atomic mass is 32.2. The first-order valence-electron chi connectivity index (χ1n) is 6.25. The summed E-state index contributed by atoms with van der Waals surface area (Å²) in [6, 6.07) is 3.03. The van der Waals surface area contributed by atoms with Crippen molar-refractivity contribution >= 4 is 15.8 Å². The van der Waals surface area contributed by atoms with Crippen molar-refractivity contribution in [3.8, 4) is 0 Å². The molecule has 2 N–H and O–H groups in total. The van der Waals surface area contributed by atoms with Crippen LogP contribution in [0.5, 0.6) is 0 Å². The topological polar surface area (TPSA) is 71.1 Å². The predicted molar refractivity (Wildman–Crippen MR) is 73.1 cm³/mol. The van der Waals surface area contributed by atoms with E-state index in [9.17, 15) is 8.42 Å². The van der Waals surface area contributed by atoms with E-state index in [0.717, 1.165) is 12.8 Å². The van der Waals surface area contributed by atoms with E-state index in [1.807, 2.05) is 20.8 Å². The van der Waals surface area contributed by atoms with Gasteiger partial charge in [0.2, 0.25) is 10.0 Å². The molecule has 1 aromatic heterocycles. The molecule has 0 aliphatic heterocycles. The van der Waals surface area contributed by atoms with Crippen molar-refractivity contribution in [3.05, 3.63) is 18.3 Å². The average Bonchev–Trinajstić information content (AvgIpc) is 2.37. The molecule has 1 rings (SSSR count). The zero-order valence-electron chi connectivity index (χ0n) is 11.1. The summed E-state index contributed by atoms with van der Waals surface area (Å²) in [7, 11) is -3.45. The van der Waals surface area contributed by atoms with Gasteiger partial charge in [0.1, 0.15) is 5.82 Å². The van der Waals surface area contributed by atoms with Crippen LogP contribution in [0, 0.1) is 0 Å². The van der Waals surface area contributed by atoms with Crippen molar-refractivity contribution in [1.29, 1.82) is 0 Å². The van der Waals surface area contributed by atoms with Crippen LogP contribution in [-0.4, -0.2) is 26.0 Å².